The van der Waals surface area contributed by atoms with Gasteiger partial charge in [-0.05, 0) is 37.1 Å². The van der Waals surface area contributed by atoms with Gasteiger partial charge in [0.15, 0.2) is 0 Å². The highest BCUT2D eigenvalue weighted by Gasteiger charge is 1.94. The minimum Gasteiger partial charge on any atom is -0.370 e. The minimum absolute atomic E-state index is 0.913. The molecule has 0 fully saturated rings. The Morgan fingerprint density at radius 3 is 3.06 bits per heavy atom. The van der Waals surface area contributed by atoms with Crippen molar-refractivity contribution in [3.63, 3.8) is 0 Å². The van der Waals surface area contributed by atoms with Crippen LogP contribution in [0.2, 0.25) is 0 Å². The second kappa shape index (κ2) is 5.30. The zero-order valence-electron chi connectivity index (χ0n) is 9.43. The zero-order chi connectivity index (χ0) is 11.2. The summed E-state index contributed by atoms with van der Waals surface area (Å²) in [5, 5.41) is 7.44. The number of hydrogen-bond donors (Lipinski definition) is 1. The van der Waals surface area contributed by atoms with Crippen molar-refractivity contribution in [2.45, 2.75) is 19.9 Å². The summed E-state index contributed by atoms with van der Waals surface area (Å²) < 4.78 is 1.94. The van der Waals surface area contributed by atoms with Crippen LogP contribution in [0.15, 0.2) is 36.8 Å². The molecule has 0 unspecified atom stereocenters. The molecule has 2 rings (SSSR count). The second-order valence-corrected chi connectivity index (χ2v) is 3.77. The van der Waals surface area contributed by atoms with E-state index in [2.05, 4.69) is 22.3 Å². The molecule has 0 atom stereocenters. The maximum Gasteiger partial charge on any atom is 0.126 e. The van der Waals surface area contributed by atoms with Gasteiger partial charge >= 0.3 is 0 Å². The molecule has 0 aliphatic heterocycles. The van der Waals surface area contributed by atoms with Crippen molar-refractivity contribution in [1.29, 1.82) is 0 Å². The first kappa shape index (κ1) is 10.7. The molecule has 0 radical (unpaired) electrons. The molecule has 1 N–H and O–H groups in total. The fourth-order valence-electron chi connectivity index (χ4n) is 1.52. The van der Waals surface area contributed by atoms with Gasteiger partial charge in [0.25, 0.3) is 0 Å². The predicted molar refractivity (Wildman–Crippen MR) is 64.3 cm³/mol. The van der Waals surface area contributed by atoms with Crippen LogP contribution in [-0.4, -0.2) is 21.3 Å². The van der Waals surface area contributed by atoms with Crippen molar-refractivity contribution in [2.24, 2.45) is 0 Å². The Hall–Kier alpha value is -1.84. The van der Waals surface area contributed by atoms with Gasteiger partial charge in [-0.2, -0.15) is 5.10 Å². The number of aromatic nitrogens is 3. The fraction of sp³-hybridized carbons (Fsp3) is 0.333. The number of nitrogens with one attached hydrogen (secondary N) is 1. The van der Waals surface area contributed by atoms with Crippen molar-refractivity contribution >= 4 is 5.82 Å². The number of pyridine rings is 1. The number of rotatable bonds is 5. The average molecular weight is 216 g/mol. The lowest BCUT2D eigenvalue weighted by atomic mass is 10.3. The van der Waals surface area contributed by atoms with Crippen molar-refractivity contribution < 1.29 is 0 Å². The molecule has 0 aromatic carbocycles. The van der Waals surface area contributed by atoms with Crippen LogP contribution in [0.25, 0.3) is 0 Å². The fourth-order valence-corrected chi connectivity index (χ4v) is 1.52. The number of hydrogen-bond acceptors (Lipinski definition) is 3. The van der Waals surface area contributed by atoms with Gasteiger partial charge in [-0.1, -0.05) is 0 Å². The van der Waals surface area contributed by atoms with E-state index < -0.39 is 0 Å². The van der Waals surface area contributed by atoms with E-state index in [-0.39, 0.29) is 0 Å². The third-order valence-corrected chi connectivity index (χ3v) is 2.34. The molecule has 0 spiro atoms. The maximum absolute atomic E-state index is 4.24. The van der Waals surface area contributed by atoms with Crippen LogP contribution >= 0.6 is 0 Å². The molecule has 0 saturated heterocycles. The first-order valence-electron chi connectivity index (χ1n) is 5.48. The number of nitrogens with zero attached hydrogens (tertiary/aromatic N) is 3. The Morgan fingerprint density at radius 1 is 1.38 bits per heavy atom. The van der Waals surface area contributed by atoms with Gasteiger partial charge in [0.05, 0.1) is 0 Å². The van der Waals surface area contributed by atoms with E-state index in [0.29, 0.717) is 0 Å². The highest BCUT2D eigenvalue weighted by Crippen LogP contribution is 2.04. The molecule has 0 saturated carbocycles. The summed E-state index contributed by atoms with van der Waals surface area (Å²) in [6.45, 7) is 3.92. The Morgan fingerprint density at radius 2 is 2.31 bits per heavy atom. The third kappa shape index (κ3) is 3.08. The summed E-state index contributed by atoms with van der Waals surface area (Å²) >= 11 is 0. The summed E-state index contributed by atoms with van der Waals surface area (Å²) in [5.41, 5.74) is 1.23. The van der Waals surface area contributed by atoms with Crippen LogP contribution in [0.4, 0.5) is 5.82 Å². The first-order valence-corrected chi connectivity index (χ1v) is 5.48. The molecule has 2 aromatic heterocycles. The monoisotopic (exact) mass is 216 g/mol. The molecular formula is C12H16N4. The molecule has 0 aliphatic rings. The molecule has 2 aromatic rings. The maximum atomic E-state index is 4.24. The number of anilines is 1. The summed E-state index contributed by atoms with van der Waals surface area (Å²) in [6.07, 6.45) is 6.64. The highest BCUT2D eigenvalue weighted by molar-refractivity contribution is 5.36. The zero-order valence-corrected chi connectivity index (χ0v) is 9.43. The normalized spacial score (nSPS) is 10.3. The van der Waals surface area contributed by atoms with Crippen LogP contribution in [0, 0.1) is 6.92 Å². The van der Waals surface area contributed by atoms with Crippen LogP contribution < -0.4 is 5.32 Å². The van der Waals surface area contributed by atoms with E-state index in [1.165, 1.54) is 5.56 Å². The molecule has 0 bridgehead atoms. The predicted octanol–water partition coefficient (Wildman–Crippen LogP) is 2.09. The Kier molecular flexibility index (Phi) is 3.53. The Balaban J connectivity index is 1.72. The summed E-state index contributed by atoms with van der Waals surface area (Å²) in [7, 11) is 0. The van der Waals surface area contributed by atoms with Gasteiger partial charge in [0.1, 0.15) is 5.82 Å². The molecule has 4 nitrogen and oxygen atoms in total. The molecule has 16 heavy (non-hydrogen) atoms. The van der Waals surface area contributed by atoms with Crippen LogP contribution in [-0.2, 0) is 6.54 Å². The quantitative estimate of drug-likeness (QED) is 0.778. The first-order chi connectivity index (χ1) is 7.84. The molecule has 4 heteroatoms. The van der Waals surface area contributed by atoms with E-state index in [4.69, 9.17) is 0 Å². The second-order valence-electron chi connectivity index (χ2n) is 3.77. The van der Waals surface area contributed by atoms with E-state index in [1.807, 2.05) is 35.3 Å². The Labute approximate surface area is 95.3 Å². The van der Waals surface area contributed by atoms with Crippen molar-refractivity contribution in [1.82, 2.24) is 14.8 Å². The van der Waals surface area contributed by atoms with E-state index in [9.17, 15) is 0 Å². The Bertz CT molecular complexity index is 422. The van der Waals surface area contributed by atoms with E-state index >= 15 is 0 Å². The molecule has 0 amide bonds. The molecule has 84 valence electrons. The van der Waals surface area contributed by atoms with Crippen LogP contribution in [0.1, 0.15) is 12.0 Å². The molecule has 2 heterocycles. The van der Waals surface area contributed by atoms with Gasteiger partial charge in [0, 0.05) is 31.7 Å². The van der Waals surface area contributed by atoms with Gasteiger partial charge in [-0.25, -0.2) is 4.98 Å². The van der Waals surface area contributed by atoms with Gasteiger partial charge < -0.3 is 5.32 Å². The lowest BCUT2D eigenvalue weighted by molar-refractivity contribution is 0.591. The van der Waals surface area contributed by atoms with E-state index in [0.717, 1.165) is 25.3 Å². The van der Waals surface area contributed by atoms with Gasteiger partial charge in [-0.15, -0.1) is 0 Å². The highest BCUT2D eigenvalue weighted by atomic mass is 15.3. The minimum atomic E-state index is 0.913. The summed E-state index contributed by atoms with van der Waals surface area (Å²) in [4.78, 5) is 4.24. The summed E-state index contributed by atoms with van der Waals surface area (Å²) in [5.74, 6) is 0.945. The average Bonchev–Trinajstić information content (AvgIpc) is 2.77. The topological polar surface area (TPSA) is 42.7 Å². The van der Waals surface area contributed by atoms with Crippen LogP contribution in [0.5, 0.6) is 0 Å². The largest absolute Gasteiger partial charge is 0.370 e. The molecule has 0 aliphatic carbocycles. The molecular weight excluding hydrogens is 200 g/mol. The SMILES string of the molecule is Cc1ccnc(NCCCn2cccn2)c1. The van der Waals surface area contributed by atoms with Crippen LogP contribution in [0.3, 0.4) is 0 Å². The van der Waals surface area contributed by atoms with E-state index in [1.54, 1.807) is 6.20 Å². The lowest BCUT2D eigenvalue weighted by Gasteiger charge is -2.06. The smallest absolute Gasteiger partial charge is 0.126 e. The van der Waals surface area contributed by atoms with Crippen molar-refractivity contribution in [3.8, 4) is 0 Å². The van der Waals surface area contributed by atoms with Crippen molar-refractivity contribution in [2.75, 3.05) is 11.9 Å². The third-order valence-electron chi connectivity index (χ3n) is 2.34. The number of aryl methyl sites for hydroxylation is 2. The lowest BCUT2D eigenvalue weighted by Crippen LogP contribution is -2.07. The standard InChI is InChI=1S/C12H16N4/c1-11-4-7-14-12(10-11)13-5-2-8-16-9-3-6-15-16/h3-4,6-7,9-10H,2,5,8H2,1H3,(H,13,14). The van der Waals surface area contributed by atoms with Gasteiger partial charge in [-0.3, -0.25) is 4.68 Å². The van der Waals surface area contributed by atoms with Crippen molar-refractivity contribution in [3.05, 3.63) is 42.4 Å². The van der Waals surface area contributed by atoms with Gasteiger partial charge in [0.2, 0.25) is 0 Å². The summed E-state index contributed by atoms with van der Waals surface area (Å²) in [6, 6.07) is 5.98.